The average molecular weight is 366 g/mol. The quantitative estimate of drug-likeness (QED) is 0.618. The second-order valence-electron chi connectivity index (χ2n) is 6.34. The van der Waals surface area contributed by atoms with E-state index in [2.05, 4.69) is 12.1 Å². The molecule has 1 saturated heterocycles. The van der Waals surface area contributed by atoms with Crippen LogP contribution in [0.4, 0.5) is 5.69 Å². The van der Waals surface area contributed by atoms with Crippen molar-refractivity contribution in [3.63, 3.8) is 0 Å². The van der Waals surface area contributed by atoms with Crippen molar-refractivity contribution in [3.05, 3.63) is 65.2 Å². The van der Waals surface area contributed by atoms with Crippen molar-refractivity contribution in [2.45, 2.75) is 25.9 Å². The fraction of sp³-hybridized carbons (Fsp3) is 0.250. The normalized spacial score (nSPS) is 18.6. The van der Waals surface area contributed by atoms with Gasteiger partial charge in [0, 0.05) is 13.0 Å². The van der Waals surface area contributed by atoms with Gasteiger partial charge in [0.25, 0.3) is 5.91 Å². The minimum absolute atomic E-state index is 0.0200. The number of hydrogen-bond acceptors (Lipinski definition) is 4. The molecule has 2 aliphatic heterocycles. The lowest BCUT2D eigenvalue weighted by atomic mass is 9.95. The van der Waals surface area contributed by atoms with Crippen molar-refractivity contribution in [3.8, 4) is 0 Å². The van der Waals surface area contributed by atoms with E-state index in [0.717, 1.165) is 0 Å². The lowest BCUT2D eigenvalue weighted by Gasteiger charge is -2.30. The maximum atomic E-state index is 13.0. The summed E-state index contributed by atoms with van der Waals surface area (Å²) in [6.45, 7) is 2.73. The van der Waals surface area contributed by atoms with Crippen molar-refractivity contribution >= 4 is 34.9 Å². The number of rotatable bonds is 3. The van der Waals surface area contributed by atoms with Gasteiger partial charge in [-0.15, -0.1) is 0 Å². The lowest BCUT2D eigenvalue weighted by Crippen LogP contribution is -2.39. The minimum Gasteiger partial charge on any atom is -0.462 e. The van der Waals surface area contributed by atoms with Gasteiger partial charge in [-0.2, -0.15) is 0 Å². The van der Waals surface area contributed by atoms with E-state index in [1.807, 2.05) is 17.0 Å². The van der Waals surface area contributed by atoms with Crippen LogP contribution in [-0.4, -0.2) is 34.5 Å². The first-order chi connectivity index (χ1) is 12.6. The van der Waals surface area contributed by atoms with Crippen molar-refractivity contribution in [1.29, 1.82) is 0 Å². The molecule has 132 valence electrons. The molecular formula is C20H18N2O3S. The molecule has 0 aliphatic carbocycles. The number of anilines is 1. The van der Waals surface area contributed by atoms with Gasteiger partial charge in [-0.3, -0.25) is 9.69 Å². The Hall–Kier alpha value is -2.73. The predicted molar refractivity (Wildman–Crippen MR) is 102 cm³/mol. The van der Waals surface area contributed by atoms with Gasteiger partial charge in [0.15, 0.2) is 5.11 Å². The van der Waals surface area contributed by atoms with Gasteiger partial charge in [-0.25, -0.2) is 4.79 Å². The SMILES string of the molecule is CCOC(=O)c1ccc(N2C(=O)[C@@H]3Cc4ccccc4CN3C2=S)cc1. The highest BCUT2D eigenvalue weighted by molar-refractivity contribution is 7.80. The summed E-state index contributed by atoms with van der Waals surface area (Å²) in [4.78, 5) is 28.3. The molecule has 0 radical (unpaired) electrons. The Bertz CT molecular complexity index is 851. The fourth-order valence-electron chi connectivity index (χ4n) is 3.52. The van der Waals surface area contributed by atoms with Gasteiger partial charge in [-0.05, 0) is 54.5 Å². The maximum absolute atomic E-state index is 13.0. The summed E-state index contributed by atoms with van der Waals surface area (Å²) in [6, 6.07) is 14.7. The molecule has 5 nitrogen and oxygen atoms in total. The molecule has 1 fully saturated rings. The van der Waals surface area contributed by atoms with Crippen LogP contribution in [0.25, 0.3) is 0 Å². The number of carbonyl (C=O) groups excluding carboxylic acids is 2. The number of benzene rings is 2. The van der Waals surface area contributed by atoms with Crippen molar-refractivity contribution in [1.82, 2.24) is 4.90 Å². The smallest absolute Gasteiger partial charge is 0.338 e. The predicted octanol–water partition coefficient (Wildman–Crippen LogP) is 2.92. The molecule has 0 N–H and O–H groups in total. The Morgan fingerprint density at radius 3 is 2.54 bits per heavy atom. The zero-order chi connectivity index (χ0) is 18.3. The standard InChI is InChI=1S/C20H18N2O3S/c1-2-25-19(24)13-7-9-16(10-8-13)22-18(23)17-11-14-5-3-4-6-15(14)12-21(17)20(22)26/h3-10,17H,2,11-12H2,1H3/t17-/m0/s1. The molecule has 0 unspecified atom stereocenters. The van der Waals surface area contributed by atoms with Crippen LogP contribution >= 0.6 is 12.2 Å². The van der Waals surface area contributed by atoms with E-state index < -0.39 is 0 Å². The van der Waals surface area contributed by atoms with Crippen LogP contribution < -0.4 is 4.90 Å². The molecule has 6 heteroatoms. The summed E-state index contributed by atoms with van der Waals surface area (Å²) in [5.41, 5.74) is 3.53. The number of amides is 1. The van der Waals surface area contributed by atoms with E-state index in [4.69, 9.17) is 17.0 Å². The molecule has 0 aromatic heterocycles. The highest BCUT2D eigenvalue weighted by Crippen LogP contribution is 2.33. The van der Waals surface area contributed by atoms with E-state index >= 15 is 0 Å². The number of carbonyl (C=O) groups is 2. The van der Waals surface area contributed by atoms with Crippen molar-refractivity contribution in [2.24, 2.45) is 0 Å². The third-order valence-corrected chi connectivity index (χ3v) is 5.24. The Morgan fingerprint density at radius 1 is 1.15 bits per heavy atom. The van der Waals surface area contributed by atoms with Crippen LogP contribution in [0.1, 0.15) is 28.4 Å². The zero-order valence-electron chi connectivity index (χ0n) is 14.3. The summed E-state index contributed by atoms with van der Waals surface area (Å²) >= 11 is 5.59. The van der Waals surface area contributed by atoms with Crippen LogP contribution in [-0.2, 0) is 22.5 Å². The van der Waals surface area contributed by atoms with E-state index in [1.54, 1.807) is 36.1 Å². The molecule has 2 aromatic rings. The second-order valence-corrected chi connectivity index (χ2v) is 6.71. The summed E-state index contributed by atoms with van der Waals surface area (Å²) in [7, 11) is 0. The highest BCUT2D eigenvalue weighted by atomic mass is 32.1. The molecular weight excluding hydrogens is 348 g/mol. The van der Waals surface area contributed by atoms with E-state index in [0.29, 0.717) is 35.9 Å². The molecule has 1 amide bonds. The average Bonchev–Trinajstić information content (AvgIpc) is 2.90. The number of nitrogens with zero attached hydrogens (tertiary/aromatic N) is 2. The highest BCUT2D eigenvalue weighted by Gasteiger charge is 2.45. The van der Waals surface area contributed by atoms with E-state index in [-0.39, 0.29) is 17.9 Å². The Kier molecular flexibility index (Phi) is 4.20. The van der Waals surface area contributed by atoms with Gasteiger partial charge < -0.3 is 9.64 Å². The van der Waals surface area contributed by atoms with Gasteiger partial charge in [-0.1, -0.05) is 24.3 Å². The molecule has 1 atom stereocenters. The largest absolute Gasteiger partial charge is 0.462 e. The zero-order valence-corrected chi connectivity index (χ0v) is 15.2. The molecule has 2 heterocycles. The number of esters is 1. The molecule has 0 bridgehead atoms. The molecule has 2 aliphatic rings. The van der Waals surface area contributed by atoms with Crippen molar-refractivity contribution < 1.29 is 14.3 Å². The molecule has 2 aromatic carbocycles. The van der Waals surface area contributed by atoms with Gasteiger partial charge in [0.2, 0.25) is 0 Å². The van der Waals surface area contributed by atoms with Crippen LogP contribution in [0.3, 0.4) is 0 Å². The van der Waals surface area contributed by atoms with Gasteiger partial charge in [0.05, 0.1) is 17.9 Å². The van der Waals surface area contributed by atoms with Crippen LogP contribution in [0.2, 0.25) is 0 Å². The molecule has 4 rings (SSSR count). The number of fused-ring (bicyclic) bond motifs is 2. The first kappa shape index (κ1) is 16.7. The van der Waals surface area contributed by atoms with Gasteiger partial charge >= 0.3 is 5.97 Å². The van der Waals surface area contributed by atoms with Crippen LogP contribution in [0.15, 0.2) is 48.5 Å². The topological polar surface area (TPSA) is 49.9 Å². The fourth-order valence-corrected chi connectivity index (χ4v) is 3.90. The first-order valence-electron chi connectivity index (χ1n) is 8.58. The van der Waals surface area contributed by atoms with Crippen LogP contribution in [0, 0.1) is 0 Å². The first-order valence-corrected chi connectivity index (χ1v) is 8.99. The van der Waals surface area contributed by atoms with E-state index in [1.165, 1.54) is 11.1 Å². The Balaban J connectivity index is 1.60. The Labute approximate surface area is 157 Å². The van der Waals surface area contributed by atoms with Crippen molar-refractivity contribution in [2.75, 3.05) is 11.5 Å². The third-order valence-electron chi connectivity index (χ3n) is 4.83. The lowest BCUT2D eigenvalue weighted by molar-refractivity contribution is -0.120. The summed E-state index contributed by atoms with van der Waals surface area (Å²) < 4.78 is 5.00. The van der Waals surface area contributed by atoms with E-state index in [9.17, 15) is 9.59 Å². The van der Waals surface area contributed by atoms with Crippen LogP contribution in [0.5, 0.6) is 0 Å². The molecule has 0 spiro atoms. The number of ether oxygens (including phenoxy) is 1. The number of hydrogen-bond donors (Lipinski definition) is 0. The monoisotopic (exact) mass is 366 g/mol. The second kappa shape index (κ2) is 6.53. The molecule has 0 saturated carbocycles. The summed E-state index contributed by atoms with van der Waals surface area (Å²) in [6.07, 6.45) is 0.659. The van der Waals surface area contributed by atoms with Gasteiger partial charge in [0.1, 0.15) is 6.04 Å². The maximum Gasteiger partial charge on any atom is 0.338 e. The summed E-state index contributed by atoms with van der Waals surface area (Å²) in [5, 5.41) is 0.512. The number of thiocarbonyl (C=S) groups is 1. The minimum atomic E-state index is -0.373. The third kappa shape index (κ3) is 2.66. The Morgan fingerprint density at radius 2 is 1.85 bits per heavy atom. The molecule has 26 heavy (non-hydrogen) atoms. The summed E-state index contributed by atoms with van der Waals surface area (Å²) in [5.74, 6) is -0.393.